The Balaban J connectivity index is 1.55. The van der Waals surface area contributed by atoms with E-state index in [1.807, 2.05) is 6.07 Å². The Kier molecular flexibility index (Phi) is 4.78. The first-order valence-electron chi connectivity index (χ1n) is 7.49. The number of piperidine rings is 1. The maximum Gasteiger partial charge on any atom is 0.321 e. The van der Waals surface area contributed by atoms with Crippen LogP contribution >= 0.6 is 11.6 Å². The fourth-order valence-electron chi connectivity index (χ4n) is 2.67. The fraction of sp³-hybridized carbons (Fsp3) is 0.400. The van der Waals surface area contributed by atoms with Gasteiger partial charge in [-0.15, -0.1) is 5.10 Å². The zero-order chi connectivity index (χ0) is 16.2. The number of aromatic nitrogens is 3. The number of anilines is 1. The molecule has 2 heterocycles. The first-order chi connectivity index (χ1) is 11.2. The van der Waals surface area contributed by atoms with E-state index in [9.17, 15) is 4.79 Å². The number of likely N-dealkylation sites (tertiary alicyclic amines) is 1. The quantitative estimate of drug-likeness (QED) is 0.901. The molecule has 1 aliphatic rings. The summed E-state index contributed by atoms with van der Waals surface area (Å²) >= 11 is 5.92. The Morgan fingerprint density at radius 1 is 1.39 bits per heavy atom. The van der Waals surface area contributed by atoms with Crippen LogP contribution in [0.25, 0.3) is 0 Å². The van der Waals surface area contributed by atoms with Gasteiger partial charge in [-0.2, -0.15) is 0 Å². The Hall–Kier alpha value is -2.12. The average Bonchev–Trinajstić information content (AvgIpc) is 3.04. The van der Waals surface area contributed by atoms with Crippen LogP contribution in [0.15, 0.2) is 30.5 Å². The highest BCUT2D eigenvalue weighted by atomic mass is 35.5. The molecule has 0 spiro atoms. The van der Waals surface area contributed by atoms with Crippen LogP contribution in [0.5, 0.6) is 0 Å². The van der Waals surface area contributed by atoms with Crippen molar-refractivity contribution >= 4 is 23.3 Å². The average molecular weight is 336 g/mol. The zero-order valence-corrected chi connectivity index (χ0v) is 13.3. The standard InChI is InChI=1S/C15H18ClN5O2/c16-11-2-1-3-12(8-11)17-15(23)20-6-4-14(5-7-20)21-9-13(10-22)18-19-21/h1-3,8-9,14,22H,4-7,10H2,(H,17,23). The number of aliphatic hydroxyl groups is 1. The Morgan fingerprint density at radius 2 is 2.17 bits per heavy atom. The van der Waals surface area contributed by atoms with Gasteiger partial charge in [0.1, 0.15) is 5.69 Å². The molecule has 122 valence electrons. The van der Waals surface area contributed by atoms with Gasteiger partial charge >= 0.3 is 6.03 Å². The summed E-state index contributed by atoms with van der Waals surface area (Å²) in [6.45, 7) is 1.18. The van der Waals surface area contributed by atoms with Gasteiger partial charge in [-0.3, -0.25) is 0 Å². The number of halogens is 1. The van der Waals surface area contributed by atoms with E-state index in [0.29, 0.717) is 29.5 Å². The summed E-state index contributed by atoms with van der Waals surface area (Å²) in [5, 5.41) is 20.4. The summed E-state index contributed by atoms with van der Waals surface area (Å²) in [5.74, 6) is 0. The van der Waals surface area contributed by atoms with Gasteiger partial charge in [-0.25, -0.2) is 9.48 Å². The highest BCUT2D eigenvalue weighted by molar-refractivity contribution is 6.30. The number of urea groups is 1. The Labute approximate surface area is 138 Å². The van der Waals surface area contributed by atoms with Crippen LogP contribution in [0, 0.1) is 0 Å². The highest BCUT2D eigenvalue weighted by Crippen LogP contribution is 2.23. The molecule has 3 rings (SSSR count). The van der Waals surface area contributed by atoms with E-state index in [-0.39, 0.29) is 18.7 Å². The molecule has 0 saturated carbocycles. The maximum absolute atomic E-state index is 12.3. The number of hydrogen-bond donors (Lipinski definition) is 2. The fourth-order valence-corrected chi connectivity index (χ4v) is 2.86. The van der Waals surface area contributed by atoms with E-state index in [1.54, 1.807) is 34.0 Å². The monoisotopic (exact) mass is 335 g/mol. The number of carbonyl (C=O) groups is 1. The predicted molar refractivity (Wildman–Crippen MR) is 86.3 cm³/mol. The molecule has 0 radical (unpaired) electrons. The summed E-state index contributed by atoms with van der Waals surface area (Å²) in [7, 11) is 0. The third-order valence-electron chi connectivity index (χ3n) is 3.92. The minimum atomic E-state index is -0.125. The van der Waals surface area contributed by atoms with E-state index in [0.717, 1.165) is 12.8 Å². The maximum atomic E-state index is 12.3. The van der Waals surface area contributed by atoms with Crippen molar-refractivity contribution in [1.29, 1.82) is 0 Å². The van der Waals surface area contributed by atoms with Gasteiger partial charge < -0.3 is 15.3 Å². The molecule has 1 aliphatic heterocycles. The Bertz CT molecular complexity index is 682. The van der Waals surface area contributed by atoms with Crippen molar-refractivity contribution in [3.05, 3.63) is 41.2 Å². The summed E-state index contributed by atoms with van der Waals surface area (Å²) in [4.78, 5) is 14.1. The number of hydrogen-bond acceptors (Lipinski definition) is 4. The van der Waals surface area contributed by atoms with Gasteiger partial charge in [0.05, 0.1) is 18.8 Å². The molecule has 1 aromatic carbocycles. The van der Waals surface area contributed by atoms with Crippen molar-refractivity contribution in [1.82, 2.24) is 19.9 Å². The van der Waals surface area contributed by atoms with E-state index in [1.165, 1.54) is 0 Å². The van der Waals surface area contributed by atoms with Crippen LogP contribution in [0.2, 0.25) is 5.02 Å². The van der Waals surface area contributed by atoms with Gasteiger partial charge in [0.25, 0.3) is 0 Å². The first-order valence-corrected chi connectivity index (χ1v) is 7.86. The van der Waals surface area contributed by atoms with Crippen molar-refractivity contribution in [2.75, 3.05) is 18.4 Å². The molecule has 0 bridgehead atoms. The first kappa shape index (κ1) is 15.8. The number of nitrogens with one attached hydrogen (secondary N) is 1. The van der Waals surface area contributed by atoms with E-state index >= 15 is 0 Å². The van der Waals surface area contributed by atoms with Crippen LogP contribution in [-0.4, -0.2) is 44.1 Å². The van der Waals surface area contributed by atoms with Crippen molar-refractivity contribution in [3.8, 4) is 0 Å². The largest absolute Gasteiger partial charge is 0.390 e. The lowest BCUT2D eigenvalue weighted by molar-refractivity contribution is 0.179. The summed E-state index contributed by atoms with van der Waals surface area (Å²) in [6.07, 6.45) is 3.36. The Morgan fingerprint density at radius 3 is 2.83 bits per heavy atom. The molecule has 0 aliphatic carbocycles. The highest BCUT2D eigenvalue weighted by Gasteiger charge is 2.24. The number of carbonyl (C=O) groups excluding carboxylic acids is 1. The van der Waals surface area contributed by atoms with Gasteiger partial charge in [-0.05, 0) is 31.0 Å². The SMILES string of the molecule is O=C(Nc1cccc(Cl)c1)N1CCC(n2cc(CO)nn2)CC1. The zero-order valence-electron chi connectivity index (χ0n) is 12.5. The normalized spacial score (nSPS) is 15.7. The number of nitrogens with zero attached hydrogens (tertiary/aromatic N) is 4. The molecule has 2 aromatic rings. The third-order valence-corrected chi connectivity index (χ3v) is 4.16. The molecule has 2 amide bonds. The lowest BCUT2D eigenvalue weighted by Crippen LogP contribution is -2.41. The summed E-state index contributed by atoms with van der Waals surface area (Å²) in [5.41, 5.74) is 1.25. The lowest BCUT2D eigenvalue weighted by Gasteiger charge is -2.31. The number of aliphatic hydroxyl groups excluding tert-OH is 1. The van der Waals surface area contributed by atoms with E-state index in [4.69, 9.17) is 16.7 Å². The van der Waals surface area contributed by atoms with E-state index in [2.05, 4.69) is 15.6 Å². The van der Waals surface area contributed by atoms with Crippen molar-refractivity contribution in [2.45, 2.75) is 25.5 Å². The summed E-state index contributed by atoms with van der Waals surface area (Å²) in [6, 6.07) is 7.17. The second kappa shape index (κ2) is 6.97. The van der Waals surface area contributed by atoms with Gasteiger partial charge in [0.2, 0.25) is 0 Å². The molecule has 0 atom stereocenters. The summed E-state index contributed by atoms with van der Waals surface area (Å²) < 4.78 is 1.78. The van der Waals surface area contributed by atoms with Crippen molar-refractivity contribution < 1.29 is 9.90 Å². The smallest absolute Gasteiger partial charge is 0.321 e. The molecule has 23 heavy (non-hydrogen) atoms. The molecule has 1 saturated heterocycles. The van der Waals surface area contributed by atoms with Gasteiger partial charge in [0.15, 0.2) is 0 Å². The van der Waals surface area contributed by atoms with Crippen LogP contribution in [0.1, 0.15) is 24.6 Å². The minimum absolute atomic E-state index is 0.110. The molecular weight excluding hydrogens is 318 g/mol. The number of rotatable bonds is 3. The van der Waals surface area contributed by atoms with Crippen LogP contribution in [-0.2, 0) is 6.61 Å². The van der Waals surface area contributed by atoms with Crippen LogP contribution in [0.3, 0.4) is 0 Å². The van der Waals surface area contributed by atoms with E-state index < -0.39 is 0 Å². The number of benzene rings is 1. The lowest BCUT2D eigenvalue weighted by atomic mass is 10.1. The molecule has 1 aromatic heterocycles. The molecule has 7 nitrogen and oxygen atoms in total. The number of amides is 2. The van der Waals surface area contributed by atoms with Crippen molar-refractivity contribution in [3.63, 3.8) is 0 Å². The molecule has 8 heteroatoms. The molecule has 2 N–H and O–H groups in total. The minimum Gasteiger partial charge on any atom is -0.390 e. The predicted octanol–water partition coefficient (Wildman–Crippen LogP) is 2.29. The molecule has 1 fully saturated rings. The molecular formula is C15H18ClN5O2. The van der Waals surface area contributed by atoms with Crippen molar-refractivity contribution in [2.24, 2.45) is 0 Å². The second-order valence-electron chi connectivity index (χ2n) is 5.51. The topological polar surface area (TPSA) is 83.3 Å². The van der Waals surface area contributed by atoms with Crippen LogP contribution in [0.4, 0.5) is 10.5 Å². The third kappa shape index (κ3) is 3.80. The van der Waals surface area contributed by atoms with Gasteiger partial charge in [0, 0.05) is 23.8 Å². The van der Waals surface area contributed by atoms with Crippen LogP contribution < -0.4 is 5.32 Å². The van der Waals surface area contributed by atoms with Gasteiger partial charge in [-0.1, -0.05) is 22.9 Å². The molecule has 0 unspecified atom stereocenters. The second-order valence-corrected chi connectivity index (χ2v) is 5.94.